The first-order valence-electron chi connectivity index (χ1n) is 7.53. The number of amides is 1. The number of piperazine rings is 1. The molecule has 1 aromatic carbocycles. The van der Waals surface area contributed by atoms with Crippen LogP contribution in [0.5, 0.6) is 0 Å². The molecule has 0 bridgehead atoms. The van der Waals surface area contributed by atoms with Gasteiger partial charge < -0.3 is 10.6 Å². The van der Waals surface area contributed by atoms with Crippen LogP contribution in [0.1, 0.15) is 38.3 Å². The van der Waals surface area contributed by atoms with Gasteiger partial charge in [0.25, 0.3) is 0 Å². The molecule has 1 fully saturated rings. The summed E-state index contributed by atoms with van der Waals surface area (Å²) in [6.07, 6.45) is 2.36. The lowest BCUT2D eigenvalue weighted by atomic mass is 9.99. The van der Waals surface area contributed by atoms with Crippen LogP contribution in [0, 0.1) is 0 Å². The molecule has 0 spiro atoms. The van der Waals surface area contributed by atoms with Crippen molar-refractivity contribution >= 4 is 36.4 Å². The number of benzene rings is 1. The third-order valence-corrected chi connectivity index (χ3v) is 3.77. The minimum Gasteiger partial charge on any atom is -0.326 e. The molecule has 1 heterocycles. The quantitative estimate of drug-likeness (QED) is 0.859. The average molecular weight is 348 g/mol. The summed E-state index contributed by atoms with van der Waals surface area (Å²) in [6.45, 7) is 8.14. The van der Waals surface area contributed by atoms with E-state index in [9.17, 15) is 4.79 Å². The molecule has 22 heavy (non-hydrogen) atoms. The minimum absolute atomic E-state index is 0. The standard InChI is InChI=1S/C16H25N3O.2ClH/c1-3-4-16(19-11-9-17-10-12-19)14-5-7-15(8-6-14)18-13(2)20;;/h5-8,16-17H,3-4,9-12H2,1-2H3,(H,18,20);2*1H/t16-;;/m1../s1. The highest BCUT2D eigenvalue weighted by atomic mass is 35.5. The van der Waals surface area contributed by atoms with E-state index in [0.717, 1.165) is 31.9 Å². The largest absolute Gasteiger partial charge is 0.326 e. The van der Waals surface area contributed by atoms with Gasteiger partial charge in [0.1, 0.15) is 0 Å². The summed E-state index contributed by atoms with van der Waals surface area (Å²) in [5.41, 5.74) is 2.22. The van der Waals surface area contributed by atoms with Crippen molar-refractivity contribution < 1.29 is 4.79 Å². The molecule has 0 unspecified atom stereocenters. The van der Waals surface area contributed by atoms with E-state index in [1.165, 1.54) is 25.3 Å². The van der Waals surface area contributed by atoms with E-state index >= 15 is 0 Å². The van der Waals surface area contributed by atoms with Crippen molar-refractivity contribution in [2.75, 3.05) is 31.5 Å². The van der Waals surface area contributed by atoms with Crippen LogP contribution in [0.3, 0.4) is 0 Å². The molecule has 0 aromatic heterocycles. The Balaban J connectivity index is 0.00000220. The predicted molar refractivity (Wildman–Crippen MR) is 97.3 cm³/mol. The summed E-state index contributed by atoms with van der Waals surface area (Å²) >= 11 is 0. The summed E-state index contributed by atoms with van der Waals surface area (Å²) in [4.78, 5) is 13.6. The van der Waals surface area contributed by atoms with Gasteiger partial charge in [-0.15, -0.1) is 24.8 Å². The fraction of sp³-hybridized carbons (Fsp3) is 0.562. The van der Waals surface area contributed by atoms with Crippen molar-refractivity contribution in [1.82, 2.24) is 10.2 Å². The molecular weight excluding hydrogens is 321 g/mol. The van der Waals surface area contributed by atoms with E-state index in [0.29, 0.717) is 6.04 Å². The molecule has 0 saturated carbocycles. The summed E-state index contributed by atoms with van der Waals surface area (Å²) in [7, 11) is 0. The van der Waals surface area contributed by atoms with Crippen LogP contribution in [0.2, 0.25) is 0 Å². The molecule has 6 heteroatoms. The normalized spacial score (nSPS) is 16.1. The monoisotopic (exact) mass is 347 g/mol. The lowest BCUT2D eigenvalue weighted by Crippen LogP contribution is -2.45. The Morgan fingerprint density at radius 3 is 2.32 bits per heavy atom. The Morgan fingerprint density at radius 1 is 1.23 bits per heavy atom. The zero-order valence-corrected chi connectivity index (χ0v) is 14.9. The molecule has 0 radical (unpaired) electrons. The Morgan fingerprint density at radius 2 is 1.82 bits per heavy atom. The molecule has 1 saturated heterocycles. The number of nitrogens with zero attached hydrogens (tertiary/aromatic N) is 1. The maximum atomic E-state index is 11.1. The van der Waals surface area contributed by atoms with Crippen molar-refractivity contribution in [3.05, 3.63) is 29.8 Å². The number of carbonyl (C=O) groups is 1. The molecule has 1 amide bonds. The zero-order valence-electron chi connectivity index (χ0n) is 13.3. The average Bonchev–Trinajstić information content (AvgIpc) is 2.46. The zero-order chi connectivity index (χ0) is 14.4. The Kier molecular flexibility index (Phi) is 10.4. The molecule has 1 atom stereocenters. The second-order valence-corrected chi connectivity index (χ2v) is 5.39. The Hall–Kier alpha value is -0.810. The number of nitrogens with one attached hydrogen (secondary N) is 2. The van der Waals surface area contributed by atoms with Crippen LogP contribution >= 0.6 is 24.8 Å². The van der Waals surface area contributed by atoms with Gasteiger partial charge in [0.05, 0.1) is 0 Å². The molecule has 1 aliphatic rings. The number of rotatable bonds is 5. The first-order chi connectivity index (χ1) is 9.70. The third kappa shape index (κ3) is 6.13. The van der Waals surface area contributed by atoms with Crippen LogP contribution in [0.15, 0.2) is 24.3 Å². The van der Waals surface area contributed by atoms with Gasteiger partial charge in [-0.2, -0.15) is 0 Å². The predicted octanol–water partition coefficient (Wildman–Crippen LogP) is 3.24. The first-order valence-corrected chi connectivity index (χ1v) is 7.53. The Bertz CT molecular complexity index is 434. The number of anilines is 1. The highest BCUT2D eigenvalue weighted by Crippen LogP contribution is 2.27. The van der Waals surface area contributed by atoms with Gasteiger partial charge in [-0.05, 0) is 24.1 Å². The van der Waals surface area contributed by atoms with E-state index in [-0.39, 0.29) is 30.7 Å². The summed E-state index contributed by atoms with van der Waals surface area (Å²) in [5.74, 6) is -0.0232. The van der Waals surface area contributed by atoms with E-state index in [4.69, 9.17) is 0 Å². The van der Waals surface area contributed by atoms with Crippen molar-refractivity contribution in [2.45, 2.75) is 32.7 Å². The highest BCUT2D eigenvalue weighted by molar-refractivity contribution is 5.88. The summed E-state index contributed by atoms with van der Waals surface area (Å²) in [5, 5.41) is 6.22. The van der Waals surface area contributed by atoms with Gasteiger partial charge in [0.2, 0.25) is 5.91 Å². The van der Waals surface area contributed by atoms with E-state index < -0.39 is 0 Å². The van der Waals surface area contributed by atoms with Crippen LogP contribution in [0.4, 0.5) is 5.69 Å². The van der Waals surface area contributed by atoms with Crippen LogP contribution in [0.25, 0.3) is 0 Å². The molecule has 2 rings (SSSR count). The van der Waals surface area contributed by atoms with Gasteiger partial charge in [0.15, 0.2) is 0 Å². The topological polar surface area (TPSA) is 44.4 Å². The van der Waals surface area contributed by atoms with E-state index in [1.54, 1.807) is 0 Å². The van der Waals surface area contributed by atoms with Crippen molar-refractivity contribution in [3.8, 4) is 0 Å². The summed E-state index contributed by atoms with van der Waals surface area (Å²) in [6, 6.07) is 8.79. The highest BCUT2D eigenvalue weighted by Gasteiger charge is 2.21. The van der Waals surface area contributed by atoms with Gasteiger partial charge in [-0.1, -0.05) is 25.5 Å². The number of carbonyl (C=O) groups excluding carboxylic acids is 1. The SMILES string of the molecule is CCC[C@H](c1ccc(NC(C)=O)cc1)N1CCNCC1.Cl.Cl. The maximum absolute atomic E-state index is 11.1. The smallest absolute Gasteiger partial charge is 0.221 e. The lowest BCUT2D eigenvalue weighted by molar-refractivity contribution is -0.114. The van der Waals surface area contributed by atoms with Crippen molar-refractivity contribution in [3.63, 3.8) is 0 Å². The molecule has 1 aliphatic heterocycles. The van der Waals surface area contributed by atoms with Crippen LogP contribution in [-0.2, 0) is 4.79 Å². The number of hydrogen-bond acceptors (Lipinski definition) is 3. The van der Waals surface area contributed by atoms with Gasteiger partial charge in [0, 0.05) is 44.8 Å². The van der Waals surface area contributed by atoms with E-state index in [1.807, 2.05) is 12.1 Å². The van der Waals surface area contributed by atoms with E-state index in [2.05, 4.69) is 34.6 Å². The molecule has 126 valence electrons. The van der Waals surface area contributed by atoms with Crippen molar-refractivity contribution in [1.29, 1.82) is 0 Å². The lowest BCUT2D eigenvalue weighted by Gasteiger charge is -2.35. The Labute approximate surface area is 145 Å². The van der Waals surface area contributed by atoms with Gasteiger partial charge >= 0.3 is 0 Å². The minimum atomic E-state index is -0.0232. The van der Waals surface area contributed by atoms with Gasteiger partial charge in [-0.3, -0.25) is 9.69 Å². The first kappa shape index (κ1) is 21.2. The molecular formula is C16H27Cl2N3O. The van der Waals surface area contributed by atoms with Crippen LogP contribution in [-0.4, -0.2) is 37.0 Å². The molecule has 0 aliphatic carbocycles. The summed E-state index contributed by atoms with van der Waals surface area (Å²) < 4.78 is 0. The molecule has 4 nitrogen and oxygen atoms in total. The van der Waals surface area contributed by atoms with Gasteiger partial charge in [-0.25, -0.2) is 0 Å². The maximum Gasteiger partial charge on any atom is 0.221 e. The van der Waals surface area contributed by atoms with Crippen LogP contribution < -0.4 is 10.6 Å². The fourth-order valence-corrected chi connectivity index (χ4v) is 2.82. The molecule has 2 N–H and O–H groups in total. The second kappa shape index (κ2) is 10.8. The molecule has 1 aromatic rings. The fourth-order valence-electron chi connectivity index (χ4n) is 2.82. The number of hydrogen-bond donors (Lipinski definition) is 2. The third-order valence-electron chi connectivity index (χ3n) is 3.77. The second-order valence-electron chi connectivity index (χ2n) is 5.39. The number of halogens is 2. The van der Waals surface area contributed by atoms with Crippen molar-refractivity contribution in [2.24, 2.45) is 0 Å².